The summed E-state index contributed by atoms with van der Waals surface area (Å²) in [6, 6.07) is 6.03. The van der Waals surface area contributed by atoms with Gasteiger partial charge in [-0.3, -0.25) is 0 Å². The molecule has 1 atom stereocenters. The second-order valence-corrected chi connectivity index (χ2v) is 3.63. The number of rotatable bonds is 4. The third-order valence-electron chi connectivity index (χ3n) is 2.45. The SMILES string of the molecule is COc1cccc(CC[C@@H](C)O)c1C. The summed E-state index contributed by atoms with van der Waals surface area (Å²) in [6.45, 7) is 3.87. The van der Waals surface area contributed by atoms with E-state index in [1.807, 2.05) is 19.1 Å². The number of methoxy groups -OCH3 is 1. The van der Waals surface area contributed by atoms with E-state index in [1.54, 1.807) is 7.11 Å². The van der Waals surface area contributed by atoms with Crippen molar-refractivity contribution in [3.05, 3.63) is 29.3 Å². The molecule has 0 aliphatic rings. The maximum absolute atomic E-state index is 9.20. The van der Waals surface area contributed by atoms with Gasteiger partial charge >= 0.3 is 0 Å². The molecule has 0 heterocycles. The molecule has 1 aromatic carbocycles. The van der Waals surface area contributed by atoms with Crippen molar-refractivity contribution in [2.24, 2.45) is 0 Å². The van der Waals surface area contributed by atoms with E-state index in [2.05, 4.69) is 13.0 Å². The molecule has 1 N–H and O–H groups in total. The fourth-order valence-corrected chi connectivity index (χ4v) is 1.52. The minimum Gasteiger partial charge on any atom is -0.496 e. The van der Waals surface area contributed by atoms with Crippen molar-refractivity contribution < 1.29 is 9.84 Å². The van der Waals surface area contributed by atoms with E-state index in [-0.39, 0.29) is 6.10 Å². The standard InChI is InChI=1S/C12H18O2/c1-9(13)7-8-11-5-4-6-12(14-3)10(11)2/h4-6,9,13H,7-8H2,1-3H3/t9-/m1/s1. The van der Waals surface area contributed by atoms with E-state index in [9.17, 15) is 5.11 Å². The molecule has 14 heavy (non-hydrogen) atoms. The Morgan fingerprint density at radius 1 is 1.43 bits per heavy atom. The van der Waals surface area contributed by atoms with Gasteiger partial charge in [0.15, 0.2) is 0 Å². The molecular weight excluding hydrogens is 176 g/mol. The van der Waals surface area contributed by atoms with Gasteiger partial charge in [0.25, 0.3) is 0 Å². The van der Waals surface area contributed by atoms with E-state index in [4.69, 9.17) is 4.74 Å². The summed E-state index contributed by atoms with van der Waals surface area (Å²) in [5, 5.41) is 9.20. The van der Waals surface area contributed by atoms with Crippen molar-refractivity contribution >= 4 is 0 Å². The molecule has 0 spiro atoms. The second-order valence-electron chi connectivity index (χ2n) is 3.63. The van der Waals surface area contributed by atoms with E-state index >= 15 is 0 Å². The Kier molecular flexibility index (Phi) is 3.96. The van der Waals surface area contributed by atoms with Gasteiger partial charge in [-0.15, -0.1) is 0 Å². The zero-order valence-corrected chi connectivity index (χ0v) is 9.08. The predicted molar refractivity (Wildman–Crippen MR) is 57.7 cm³/mol. The van der Waals surface area contributed by atoms with Crippen molar-refractivity contribution in [3.8, 4) is 5.75 Å². The molecule has 78 valence electrons. The van der Waals surface area contributed by atoms with Crippen LogP contribution in [0.2, 0.25) is 0 Å². The predicted octanol–water partition coefficient (Wildman–Crippen LogP) is 2.32. The molecule has 1 aromatic rings. The molecule has 0 aliphatic heterocycles. The Labute approximate surface area is 85.5 Å². The van der Waals surface area contributed by atoms with Crippen LogP contribution in [0.1, 0.15) is 24.5 Å². The van der Waals surface area contributed by atoms with Crippen LogP contribution in [-0.4, -0.2) is 18.3 Å². The summed E-state index contributed by atoms with van der Waals surface area (Å²) in [6.07, 6.45) is 1.47. The first-order valence-corrected chi connectivity index (χ1v) is 4.95. The summed E-state index contributed by atoms with van der Waals surface area (Å²) in [4.78, 5) is 0. The Balaban J connectivity index is 2.76. The van der Waals surface area contributed by atoms with E-state index in [1.165, 1.54) is 11.1 Å². The number of benzene rings is 1. The first-order chi connectivity index (χ1) is 6.65. The Morgan fingerprint density at radius 3 is 2.71 bits per heavy atom. The first-order valence-electron chi connectivity index (χ1n) is 4.95. The lowest BCUT2D eigenvalue weighted by Gasteiger charge is -2.10. The average molecular weight is 194 g/mol. The molecule has 0 radical (unpaired) electrons. The number of hydrogen-bond acceptors (Lipinski definition) is 2. The minimum absolute atomic E-state index is 0.236. The third kappa shape index (κ3) is 2.74. The fraction of sp³-hybridized carbons (Fsp3) is 0.500. The van der Waals surface area contributed by atoms with Gasteiger partial charge in [0.1, 0.15) is 5.75 Å². The number of aryl methyl sites for hydroxylation is 1. The van der Waals surface area contributed by atoms with Crippen LogP contribution in [-0.2, 0) is 6.42 Å². The number of ether oxygens (including phenoxy) is 1. The lowest BCUT2D eigenvalue weighted by atomic mass is 10.0. The highest BCUT2D eigenvalue weighted by atomic mass is 16.5. The molecule has 0 unspecified atom stereocenters. The normalized spacial score (nSPS) is 12.6. The van der Waals surface area contributed by atoms with Crippen LogP contribution in [0, 0.1) is 6.92 Å². The largest absolute Gasteiger partial charge is 0.496 e. The molecule has 2 heteroatoms. The molecule has 1 rings (SSSR count). The molecule has 0 saturated carbocycles. The van der Waals surface area contributed by atoms with Crippen LogP contribution in [0.3, 0.4) is 0 Å². The lowest BCUT2D eigenvalue weighted by molar-refractivity contribution is 0.185. The fourth-order valence-electron chi connectivity index (χ4n) is 1.52. The maximum Gasteiger partial charge on any atom is 0.122 e. The van der Waals surface area contributed by atoms with Crippen LogP contribution in [0.25, 0.3) is 0 Å². The smallest absolute Gasteiger partial charge is 0.122 e. The molecule has 0 aromatic heterocycles. The zero-order chi connectivity index (χ0) is 10.6. The average Bonchev–Trinajstić information content (AvgIpc) is 2.16. The van der Waals surface area contributed by atoms with Gasteiger partial charge in [-0.1, -0.05) is 12.1 Å². The van der Waals surface area contributed by atoms with Crippen LogP contribution in [0.4, 0.5) is 0 Å². The monoisotopic (exact) mass is 194 g/mol. The number of aliphatic hydroxyl groups excluding tert-OH is 1. The summed E-state index contributed by atoms with van der Waals surface area (Å²) in [5.74, 6) is 0.924. The molecule has 0 aliphatic carbocycles. The van der Waals surface area contributed by atoms with Crippen LogP contribution in [0.15, 0.2) is 18.2 Å². The zero-order valence-electron chi connectivity index (χ0n) is 9.08. The first kappa shape index (κ1) is 11.1. The van der Waals surface area contributed by atoms with E-state index in [0.717, 1.165) is 18.6 Å². The summed E-state index contributed by atoms with van der Waals surface area (Å²) in [7, 11) is 1.68. The quantitative estimate of drug-likeness (QED) is 0.797. The highest BCUT2D eigenvalue weighted by molar-refractivity contribution is 5.39. The molecular formula is C12H18O2. The molecule has 0 amide bonds. The van der Waals surface area contributed by atoms with E-state index < -0.39 is 0 Å². The van der Waals surface area contributed by atoms with Crippen molar-refractivity contribution in [1.82, 2.24) is 0 Å². The number of aliphatic hydroxyl groups is 1. The topological polar surface area (TPSA) is 29.5 Å². The Bertz CT molecular complexity index is 292. The van der Waals surface area contributed by atoms with Crippen LogP contribution >= 0.6 is 0 Å². The van der Waals surface area contributed by atoms with Crippen LogP contribution < -0.4 is 4.74 Å². The number of hydrogen-bond donors (Lipinski definition) is 1. The summed E-state index contributed by atoms with van der Waals surface area (Å²) < 4.78 is 5.23. The van der Waals surface area contributed by atoms with Gasteiger partial charge < -0.3 is 9.84 Å². The van der Waals surface area contributed by atoms with Gasteiger partial charge in [-0.2, -0.15) is 0 Å². The van der Waals surface area contributed by atoms with Gasteiger partial charge in [0.2, 0.25) is 0 Å². The molecule has 0 bridgehead atoms. The van der Waals surface area contributed by atoms with Gasteiger partial charge in [0, 0.05) is 0 Å². The Hall–Kier alpha value is -1.02. The van der Waals surface area contributed by atoms with E-state index in [0.29, 0.717) is 0 Å². The van der Waals surface area contributed by atoms with Crippen molar-refractivity contribution in [1.29, 1.82) is 0 Å². The van der Waals surface area contributed by atoms with Crippen LogP contribution in [0.5, 0.6) is 5.75 Å². The highest BCUT2D eigenvalue weighted by Gasteiger charge is 2.04. The van der Waals surface area contributed by atoms with Crippen molar-refractivity contribution in [2.75, 3.05) is 7.11 Å². The lowest BCUT2D eigenvalue weighted by Crippen LogP contribution is -2.03. The molecule has 0 fully saturated rings. The minimum atomic E-state index is -0.236. The van der Waals surface area contributed by atoms with Gasteiger partial charge in [-0.05, 0) is 43.9 Å². The Morgan fingerprint density at radius 2 is 2.14 bits per heavy atom. The second kappa shape index (κ2) is 5.01. The van der Waals surface area contributed by atoms with Crippen molar-refractivity contribution in [2.45, 2.75) is 32.8 Å². The van der Waals surface area contributed by atoms with Crippen molar-refractivity contribution in [3.63, 3.8) is 0 Å². The maximum atomic E-state index is 9.20. The van der Waals surface area contributed by atoms with Gasteiger partial charge in [-0.25, -0.2) is 0 Å². The molecule has 0 saturated heterocycles. The third-order valence-corrected chi connectivity index (χ3v) is 2.45. The highest BCUT2D eigenvalue weighted by Crippen LogP contribution is 2.22. The summed E-state index contributed by atoms with van der Waals surface area (Å²) in [5.41, 5.74) is 2.43. The molecule has 2 nitrogen and oxygen atoms in total. The van der Waals surface area contributed by atoms with Gasteiger partial charge in [0.05, 0.1) is 13.2 Å². The summed E-state index contributed by atoms with van der Waals surface area (Å²) >= 11 is 0.